The summed E-state index contributed by atoms with van der Waals surface area (Å²) in [5, 5.41) is 3.34. The second-order valence-electron chi connectivity index (χ2n) is 5.81. The Morgan fingerprint density at radius 2 is 1.96 bits per heavy atom. The van der Waals surface area contributed by atoms with Crippen molar-refractivity contribution in [3.8, 4) is 0 Å². The summed E-state index contributed by atoms with van der Waals surface area (Å²) >= 11 is 0. The summed E-state index contributed by atoms with van der Waals surface area (Å²) in [4.78, 5) is 18.5. The van der Waals surface area contributed by atoms with Crippen LogP contribution in [-0.2, 0) is 4.74 Å². The van der Waals surface area contributed by atoms with Crippen molar-refractivity contribution >= 4 is 17.3 Å². The monoisotopic (exact) mass is 311 g/mol. The van der Waals surface area contributed by atoms with Crippen LogP contribution in [0.15, 0.2) is 36.7 Å². The van der Waals surface area contributed by atoms with Crippen LogP contribution in [0.1, 0.15) is 21.5 Å². The molecule has 1 aliphatic rings. The quantitative estimate of drug-likeness (QED) is 0.947. The second kappa shape index (κ2) is 6.79. The van der Waals surface area contributed by atoms with Crippen LogP contribution in [0.3, 0.4) is 0 Å². The minimum Gasteiger partial charge on any atom is -0.378 e. The van der Waals surface area contributed by atoms with Gasteiger partial charge in [-0.25, -0.2) is 0 Å². The Kier molecular flexibility index (Phi) is 4.57. The van der Waals surface area contributed by atoms with E-state index in [9.17, 15) is 4.79 Å². The summed E-state index contributed by atoms with van der Waals surface area (Å²) in [6.45, 7) is 6.59. The zero-order chi connectivity index (χ0) is 16.2. The van der Waals surface area contributed by atoms with E-state index in [-0.39, 0.29) is 5.91 Å². The molecule has 0 saturated carbocycles. The van der Waals surface area contributed by atoms with Crippen molar-refractivity contribution in [1.29, 1.82) is 0 Å². The van der Waals surface area contributed by atoms with Gasteiger partial charge in [-0.05, 0) is 31.5 Å². The molecule has 0 aliphatic carbocycles. The van der Waals surface area contributed by atoms with Crippen LogP contribution in [0.25, 0.3) is 0 Å². The summed E-state index contributed by atoms with van der Waals surface area (Å²) in [7, 11) is 0. The number of amides is 1. The highest BCUT2D eigenvalue weighted by Crippen LogP contribution is 2.22. The molecular weight excluding hydrogens is 290 g/mol. The molecule has 1 aromatic heterocycles. The summed E-state index contributed by atoms with van der Waals surface area (Å²) in [5.74, 6) is 0.00470. The Balaban J connectivity index is 1.78. The van der Waals surface area contributed by atoms with Gasteiger partial charge < -0.3 is 15.0 Å². The molecule has 3 rings (SSSR count). The highest BCUT2D eigenvalue weighted by Gasteiger charge is 2.19. The van der Waals surface area contributed by atoms with Gasteiger partial charge in [0.25, 0.3) is 5.91 Å². The van der Waals surface area contributed by atoms with Gasteiger partial charge >= 0.3 is 0 Å². The third-order valence-corrected chi connectivity index (χ3v) is 3.94. The number of morpholine rings is 1. The molecule has 1 N–H and O–H groups in total. The van der Waals surface area contributed by atoms with Gasteiger partial charge in [0.2, 0.25) is 0 Å². The van der Waals surface area contributed by atoms with E-state index in [4.69, 9.17) is 4.74 Å². The van der Waals surface area contributed by atoms with E-state index < -0.39 is 0 Å². The average molecular weight is 311 g/mol. The lowest BCUT2D eigenvalue weighted by atomic mass is 10.1. The van der Waals surface area contributed by atoms with Crippen molar-refractivity contribution in [2.24, 2.45) is 0 Å². The Hall–Kier alpha value is -2.40. The van der Waals surface area contributed by atoms with Crippen molar-refractivity contribution < 1.29 is 9.53 Å². The second-order valence-corrected chi connectivity index (χ2v) is 5.81. The number of rotatable bonds is 3. The lowest BCUT2D eigenvalue weighted by Gasteiger charge is -2.26. The normalized spacial score (nSPS) is 14.6. The maximum absolute atomic E-state index is 12.5. The van der Waals surface area contributed by atoms with Crippen LogP contribution in [0.2, 0.25) is 0 Å². The number of nitrogens with one attached hydrogen (secondary N) is 1. The molecule has 1 fully saturated rings. The van der Waals surface area contributed by atoms with Gasteiger partial charge in [-0.3, -0.25) is 9.78 Å². The number of nitrogens with zero attached hydrogens (tertiary/aromatic N) is 2. The third kappa shape index (κ3) is 3.68. The van der Waals surface area contributed by atoms with Crippen molar-refractivity contribution in [2.45, 2.75) is 13.8 Å². The topological polar surface area (TPSA) is 54.5 Å². The third-order valence-electron chi connectivity index (χ3n) is 3.94. The zero-order valence-electron chi connectivity index (χ0n) is 13.5. The van der Waals surface area contributed by atoms with Crippen molar-refractivity contribution in [2.75, 3.05) is 31.6 Å². The molecule has 1 aliphatic heterocycles. The molecule has 0 radical (unpaired) electrons. The van der Waals surface area contributed by atoms with Crippen LogP contribution in [0.5, 0.6) is 0 Å². The van der Waals surface area contributed by atoms with E-state index in [0.29, 0.717) is 31.9 Å². The number of aromatic nitrogens is 1. The minimum atomic E-state index is 0.00470. The minimum absolute atomic E-state index is 0.00470. The Bertz CT molecular complexity index is 709. The highest BCUT2D eigenvalue weighted by molar-refractivity contribution is 5.95. The lowest BCUT2D eigenvalue weighted by molar-refractivity contribution is 0.0302. The van der Waals surface area contributed by atoms with E-state index in [1.807, 2.05) is 12.1 Å². The standard InChI is InChI=1S/C18H21N3O2/c1-13-3-4-17(14(2)9-13)20-16-10-15(11-19-12-16)18(22)21-5-7-23-8-6-21/h3-4,9-12,20H,5-8H2,1-2H3. The van der Waals surface area contributed by atoms with Crippen LogP contribution in [-0.4, -0.2) is 42.1 Å². The van der Waals surface area contributed by atoms with E-state index in [0.717, 1.165) is 16.9 Å². The van der Waals surface area contributed by atoms with Crippen LogP contribution >= 0.6 is 0 Å². The molecule has 1 aromatic carbocycles. The predicted molar refractivity (Wildman–Crippen MR) is 90.2 cm³/mol. The molecule has 5 heteroatoms. The van der Waals surface area contributed by atoms with Gasteiger partial charge in [-0.1, -0.05) is 17.7 Å². The number of pyridine rings is 1. The first-order valence-corrected chi connectivity index (χ1v) is 7.80. The molecule has 120 valence electrons. The average Bonchev–Trinajstić information content (AvgIpc) is 2.58. The smallest absolute Gasteiger partial charge is 0.255 e. The Labute approximate surface area is 136 Å². The molecule has 1 amide bonds. The SMILES string of the molecule is Cc1ccc(Nc2cncc(C(=O)N3CCOCC3)c2)c(C)c1. The molecule has 2 aromatic rings. The largest absolute Gasteiger partial charge is 0.378 e. The molecule has 0 atom stereocenters. The number of carbonyl (C=O) groups is 1. The van der Waals surface area contributed by atoms with Gasteiger partial charge in [-0.15, -0.1) is 0 Å². The summed E-state index contributed by atoms with van der Waals surface area (Å²) in [5.41, 5.74) is 4.82. The number of anilines is 2. The zero-order valence-corrected chi connectivity index (χ0v) is 13.5. The lowest BCUT2D eigenvalue weighted by Crippen LogP contribution is -2.40. The Morgan fingerprint density at radius 1 is 1.17 bits per heavy atom. The first kappa shape index (κ1) is 15.5. The first-order valence-electron chi connectivity index (χ1n) is 7.80. The fourth-order valence-electron chi connectivity index (χ4n) is 2.68. The fourth-order valence-corrected chi connectivity index (χ4v) is 2.68. The summed E-state index contributed by atoms with van der Waals surface area (Å²) in [6.07, 6.45) is 3.35. The van der Waals surface area contributed by atoms with E-state index in [2.05, 4.69) is 36.3 Å². The number of aryl methyl sites for hydroxylation is 2. The number of hydrogen-bond acceptors (Lipinski definition) is 4. The van der Waals surface area contributed by atoms with Gasteiger partial charge in [0.15, 0.2) is 0 Å². The van der Waals surface area contributed by atoms with Crippen LogP contribution < -0.4 is 5.32 Å². The Morgan fingerprint density at radius 3 is 2.70 bits per heavy atom. The number of hydrogen-bond donors (Lipinski definition) is 1. The molecule has 0 spiro atoms. The van der Waals surface area contributed by atoms with Crippen LogP contribution in [0.4, 0.5) is 11.4 Å². The van der Waals surface area contributed by atoms with E-state index >= 15 is 0 Å². The van der Waals surface area contributed by atoms with E-state index in [1.54, 1.807) is 17.3 Å². The maximum Gasteiger partial charge on any atom is 0.255 e. The number of ether oxygens (including phenoxy) is 1. The van der Waals surface area contributed by atoms with Gasteiger partial charge in [0.1, 0.15) is 0 Å². The predicted octanol–water partition coefficient (Wildman–Crippen LogP) is 2.91. The molecule has 2 heterocycles. The molecule has 0 unspecified atom stereocenters. The van der Waals surface area contributed by atoms with Crippen molar-refractivity contribution in [3.05, 3.63) is 53.3 Å². The fraction of sp³-hybridized carbons (Fsp3) is 0.333. The molecule has 0 bridgehead atoms. The molecule has 5 nitrogen and oxygen atoms in total. The van der Waals surface area contributed by atoms with Crippen molar-refractivity contribution in [1.82, 2.24) is 9.88 Å². The summed E-state index contributed by atoms with van der Waals surface area (Å²) in [6, 6.07) is 8.08. The molecule has 1 saturated heterocycles. The maximum atomic E-state index is 12.5. The molecule has 23 heavy (non-hydrogen) atoms. The summed E-state index contributed by atoms with van der Waals surface area (Å²) < 4.78 is 5.29. The van der Waals surface area contributed by atoms with Crippen molar-refractivity contribution in [3.63, 3.8) is 0 Å². The number of benzene rings is 1. The van der Waals surface area contributed by atoms with Gasteiger partial charge in [0.05, 0.1) is 30.7 Å². The van der Waals surface area contributed by atoms with Gasteiger partial charge in [-0.2, -0.15) is 0 Å². The highest BCUT2D eigenvalue weighted by atomic mass is 16.5. The number of carbonyl (C=O) groups excluding carboxylic acids is 1. The van der Waals surface area contributed by atoms with Crippen LogP contribution in [0, 0.1) is 13.8 Å². The van der Waals surface area contributed by atoms with E-state index in [1.165, 1.54) is 5.56 Å². The van der Waals surface area contributed by atoms with Gasteiger partial charge in [0, 0.05) is 25.0 Å². The first-order chi connectivity index (χ1) is 11.1. The molecular formula is C18H21N3O2.